The maximum Gasteiger partial charge on any atom is 0.315 e. The maximum atomic E-state index is 11.4. The van der Waals surface area contributed by atoms with Crippen LogP contribution in [0.4, 0.5) is 16.6 Å². The Labute approximate surface area is 145 Å². The summed E-state index contributed by atoms with van der Waals surface area (Å²) < 4.78 is 5.51. The minimum absolute atomic E-state index is 0.0959. The summed E-state index contributed by atoms with van der Waals surface area (Å²) in [5, 5.41) is 15.4. The van der Waals surface area contributed by atoms with Crippen molar-refractivity contribution in [3.05, 3.63) is 11.8 Å². The molecule has 134 valence electrons. The van der Waals surface area contributed by atoms with Crippen molar-refractivity contribution >= 4 is 17.8 Å². The number of urea groups is 1. The molecule has 0 saturated carbocycles. The zero-order valence-electron chi connectivity index (χ0n) is 13.9. The minimum Gasteiger partial charge on any atom is -0.389 e. The summed E-state index contributed by atoms with van der Waals surface area (Å²) in [5.41, 5.74) is 0.833. The van der Waals surface area contributed by atoms with Crippen LogP contribution in [0.2, 0.25) is 0 Å². The van der Waals surface area contributed by atoms with Crippen LogP contribution in [0.25, 0.3) is 0 Å². The van der Waals surface area contributed by atoms with Crippen molar-refractivity contribution in [2.24, 2.45) is 0 Å². The van der Waals surface area contributed by atoms with E-state index < -0.39 is 0 Å². The molecule has 9 heteroatoms. The summed E-state index contributed by atoms with van der Waals surface area (Å²) in [6.07, 6.45) is 0.681. The van der Waals surface area contributed by atoms with Crippen LogP contribution in [-0.2, 0) is 4.74 Å². The number of ether oxygens (including phenoxy) is 1. The average molecular weight is 346 g/mol. The molecule has 0 aromatic carbocycles. The second-order valence-electron chi connectivity index (χ2n) is 7.51. The number of nitrogens with zero attached hydrogens (tertiary/aromatic N) is 4. The Hall–Kier alpha value is -2.13. The molecule has 0 aliphatic carbocycles. The monoisotopic (exact) mass is 346 g/mol. The lowest BCUT2D eigenvalue weighted by molar-refractivity contribution is 0.140. The number of hydrogen-bond donors (Lipinski definition) is 3. The predicted octanol–water partition coefficient (Wildman–Crippen LogP) is -0.967. The number of aliphatic hydroxyl groups excluding tert-OH is 1. The lowest BCUT2D eigenvalue weighted by Crippen LogP contribution is -2.69. The molecule has 1 aromatic rings. The molecule has 1 spiro atoms. The molecule has 4 fully saturated rings. The van der Waals surface area contributed by atoms with Crippen LogP contribution in [0, 0.1) is 0 Å². The summed E-state index contributed by atoms with van der Waals surface area (Å²) in [6, 6.07) is 1.96. The number of amides is 2. The Bertz CT molecular complexity index is 695. The van der Waals surface area contributed by atoms with Crippen LogP contribution in [0.1, 0.15) is 18.0 Å². The number of anilines is 2. The van der Waals surface area contributed by atoms with Crippen LogP contribution >= 0.6 is 0 Å². The fourth-order valence-electron chi connectivity index (χ4n) is 3.95. The molecule has 2 amide bonds. The maximum absolute atomic E-state index is 11.4. The van der Waals surface area contributed by atoms with Gasteiger partial charge in [-0.2, -0.15) is 4.98 Å². The molecule has 1 atom stereocenters. The van der Waals surface area contributed by atoms with Crippen LogP contribution < -0.4 is 20.4 Å². The van der Waals surface area contributed by atoms with Gasteiger partial charge < -0.3 is 30.3 Å². The van der Waals surface area contributed by atoms with Gasteiger partial charge >= 0.3 is 6.03 Å². The number of aliphatic hydroxyl groups is 1. The van der Waals surface area contributed by atoms with E-state index >= 15 is 0 Å². The van der Waals surface area contributed by atoms with Crippen LogP contribution in [0.15, 0.2) is 6.07 Å². The van der Waals surface area contributed by atoms with E-state index in [4.69, 9.17) is 14.7 Å². The third-order valence-electron chi connectivity index (χ3n) is 5.49. The van der Waals surface area contributed by atoms with E-state index in [-0.39, 0.29) is 17.7 Å². The molecule has 5 rings (SSSR count). The molecule has 0 radical (unpaired) electrons. The van der Waals surface area contributed by atoms with Crippen molar-refractivity contribution < 1.29 is 14.6 Å². The molecular formula is C16H22N6O3. The highest BCUT2D eigenvalue weighted by molar-refractivity contribution is 5.78. The van der Waals surface area contributed by atoms with Crippen molar-refractivity contribution in [3.63, 3.8) is 0 Å². The van der Waals surface area contributed by atoms with Gasteiger partial charge in [-0.1, -0.05) is 0 Å². The minimum atomic E-state index is -0.294. The SMILES string of the molecule is O=C1NCC2(CN(c3cc([C@@H]4CCOC4)nc(N4CC(O)C4)n3)C2)N1. The van der Waals surface area contributed by atoms with E-state index in [9.17, 15) is 9.90 Å². The second-order valence-corrected chi connectivity index (χ2v) is 7.51. The van der Waals surface area contributed by atoms with E-state index in [0.29, 0.717) is 38.1 Å². The van der Waals surface area contributed by atoms with E-state index in [2.05, 4.69) is 21.6 Å². The first kappa shape index (κ1) is 15.2. The molecule has 9 nitrogen and oxygen atoms in total. The highest BCUT2D eigenvalue weighted by atomic mass is 16.5. The smallest absolute Gasteiger partial charge is 0.315 e. The van der Waals surface area contributed by atoms with Gasteiger partial charge in [0.2, 0.25) is 5.95 Å². The first-order chi connectivity index (χ1) is 12.1. The van der Waals surface area contributed by atoms with Gasteiger partial charge in [0.25, 0.3) is 0 Å². The summed E-state index contributed by atoms with van der Waals surface area (Å²) in [5.74, 6) is 1.87. The molecule has 5 heterocycles. The Morgan fingerprint density at radius 2 is 2.12 bits per heavy atom. The van der Waals surface area contributed by atoms with Crippen molar-refractivity contribution in [1.29, 1.82) is 0 Å². The van der Waals surface area contributed by atoms with Crippen LogP contribution in [0.5, 0.6) is 0 Å². The van der Waals surface area contributed by atoms with Gasteiger partial charge in [0.05, 0.1) is 23.9 Å². The van der Waals surface area contributed by atoms with Crippen molar-refractivity contribution in [3.8, 4) is 0 Å². The Morgan fingerprint density at radius 1 is 1.28 bits per heavy atom. The number of hydrogen-bond acceptors (Lipinski definition) is 7. The molecule has 4 aliphatic rings. The number of β-amino-alcohol motifs (C(OH)–C–C–N with tert-alkyl or cyclic N) is 1. The second kappa shape index (κ2) is 5.43. The molecular weight excluding hydrogens is 324 g/mol. The summed E-state index contributed by atoms with van der Waals surface area (Å²) in [6.45, 7) is 4.76. The van der Waals surface area contributed by atoms with Crippen molar-refractivity contribution in [2.75, 3.05) is 55.7 Å². The molecule has 25 heavy (non-hydrogen) atoms. The van der Waals surface area contributed by atoms with E-state index in [1.807, 2.05) is 4.90 Å². The van der Waals surface area contributed by atoms with E-state index in [1.54, 1.807) is 0 Å². The fraction of sp³-hybridized carbons (Fsp3) is 0.688. The molecule has 1 aromatic heterocycles. The van der Waals surface area contributed by atoms with Gasteiger partial charge in [0.15, 0.2) is 0 Å². The average Bonchev–Trinajstić information content (AvgIpc) is 3.19. The van der Waals surface area contributed by atoms with Crippen molar-refractivity contribution in [2.45, 2.75) is 24.0 Å². The summed E-state index contributed by atoms with van der Waals surface area (Å²) in [7, 11) is 0. The number of aromatic nitrogens is 2. The van der Waals surface area contributed by atoms with Gasteiger partial charge in [-0.05, 0) is 6.42 Å². The number of carbonyl (C=O) groups excluding carboxylic acids is 1. The third-order valence-corrected chi connectivity index (χ3v) is 5.49. The first-order valence-electron chi connectivity index (χ1n) is 8.81. The first-order valence-corrected chi connectivity index (χ1v) is 8.81. The molecule has 0 unspecified atom stereocenters. The van der Waals surface area contributed by atoms with E-state index in [0.717, 1.165) is 37.6 Å². The van der Waals surface area contributed by atoms with Gasteiger partial charge in [-0.15, -0.1) is 0 Å². The quantitative estimate of drug-likeness (QED) is 0.647. The highest BCUT2D eigenvalue weighted by Gasteiger charge is 2.48. The van der Waals surface area contributed by atoms with Gasteiger partial charge in [-0.25, -0.2) is 9.78 Å². The zero-order chi connectivity index (χ0) is 17.0. The zero-order valence-corrected chi connectivity index (χ0v) is 13.9. The van der Waals surface area contributed by atoms with Gasteiger partial charge in [0, 0.05) is 51.3 Å². The molecule has 4 saturated heterocycles. The molecule has 0 bridgehead atoms. The van der Waals surface area contributed by atoms with Gasteiger partial charge in [-0.3, -0.25) is 0 Å². The van der Waals surface area contributed by atoms with E-state index in [1.165, 1.54) is 0 Å². The van der Waals surface area contributed by atoms with Gasteiger partial charge in [0.1, 0.15) is 5.82 Å². The predicted molar refractivity (Wildman–Crippen MR) is 89.9 cm³/mol. The highest BCUT2D eigenvalue weighted by Crippen LogP contribution is 2.33. The van der Waals surface area contributed by atoms with Crippen LogP contribution in [-0.4, -0.2) is 78.7 Å². The summed E-state index contributed by atoms with van der Waals surface area (Å²) in [4.78, 5) is 25.1. The normalized spacial score (nSPS) is 27.9. The number of rotatable bonds is 3. The third kappa shape index (κ3) is 2.58. The number of carbonyl (C=O) groups is 1. The molecule has 3 N–H and O–H groups in total. The largest absolute Gasteiger partial charge is 0.389 e. The standard InChI is InChI=1S/C16H22N6O3/c23-11-4-21(5-11)14-18-12(10-1-2-25-6-10)3-13(19-14)22-8-16(9-22)7-17-15(24)20-16/h3,10-11,23H,1-2,4-9H2,(H2,17,20,24)/t10-/m1/s1. The lowest BCUT2D eigenvalue weighted by Gasteiger charge is -2.48. The van der Waals surface area contributed by atoms with Crippen LogP contribution in [0.3, 0.4) is 0 Å². The fourth-order valence-corrected chi connectivity index (χ4v) is 3.95. The Kier molecular flexibility index (Phi) is 3.29. The topological polar surface area (TPSA) is 103 Å². The Balaban J connectivity index is 1.39. The number of nitrogens with one attached hydrogen (secondary N) is 2. The Morgan fingerprint density at radius 3 is 2.76 bits per heavy atom. The van der Waals surface area contributed by atoms with Crippen molar-refractivity contribution in [1.82, 2.24) is 20.6 Å². The molecule has 4 aliphatic heterocycles. The summed E-state index contributed by atoms with van der Waals surface area (Å²) >= 11 is 0. The lowest BCUT2D eigenvalue weighted by atomic mass is 9.91.